The summed E-state index contributed by atoms with van der Waals surface area (Å²) < 4.78 is 0. The second-order valence-corrected chi connectivity index (χ2v) is 13.5. The van der Waals surface area contributed by atoms with Crippen LogP contribution in [0, 0.1) is 13.8 Å². The zero-order valence-corrected chi connectivity index (χ0v) is 27.8. The van der Waals surface area contributed by atoms with Gasteiger partial charge in [-0.3, -0.25) is 9.98 Å². The molecule has 2 aliphatic rings. The maximum Gasteiger partial charge on any atom is 0.138 e. The molecule has 0 unspecified atom stereocenters. The maximum absolute atomic E-state index is 5.09. The molecule has 0 amide bonds. The van der Waals surface area contributed by atoms with Gasteiger partial charge in [0.1, 0.15) is 11.6 Å². The van der Waals surface area contributed by atoms with Gasteiger partial charge in [0.15, 0.2) is 0 Å². The number of aromatic amines is 2. The molecule has 0 aliphatic carbocycles. The summed E-state index contributed by atoms with van der Waals surface area (Å²) in [7, 11) is 0. The Morgan fingerprint density at radius 3 is 1.50 bits per heavy atom. The third-order valence-electron chi connectivity index (χ3n) is 9.99. The first-order valence-electron chi connectivity index (χ1n) is 17.0. The molecule has 10 rings (SSSR count). The number of nitrogens with one attached hydrogen (secondary N) is 2. The molecular formula is C44H32N6. The molecule has 6 heteroatoms. The molecule has 0 saturated heterocycles. The van der Waals surface area contributed by atoms with Crippen LogP contribution in [0.5, 0.6) is 0 Å². The Morgan fingerprint density at radius 2 is 0.860 bits per heavy atom. The molecule has 0 spiro atoms. The van der Waals surface area contributed by atoms with E-state index >= 15 is 0 Å². The van der Waals surface area contributed by atoms with Crippen LogP contribution in [-0.2, 0) is 12.8 Å². The van der Waals surface area contributed by atoms with Gasteiger partial charge in [-0.2, -0.15) is 0 Å². The summed E-state index contributed by atoms with van der Waals surface area (Å²) in [5.41, 5.74) is 20.0. The van der Waals surface area contributed by atoms with Gasteiger partial charge in [-0.1, -0.05) is 84.9 Å². The number of aromatic nitrogens is 4. The Morgan fingerprint density at radius 1 is 0.420 bits per heavy atom. The van der Waals surface area contributed by atoms with Crippen molar-refractivity contribution in [1.82, 2.24) is 19.9 Å². The molecule has 238 valence electrons. The smallest absolute Gasteiger partial charge is 0.138 e. The number of aryl methyl sites for hydroxylation is 2. The van der Waals surface area contributed by atoms with Crippen molar-refractivity contribution < 1.29 is 0 Å². The Bertz CT molecular complexity index is 2710. The molecule has 4 heterocycles. The molecule has 0 radical (unpaired) electrons. The van der Waals surface area contributed by atoms with Crippen molar-refractivity contribution >= 4 is 44.9 Å². The van der Waals surface area contributed by atoms with E-state index in [4.69, 9.17) is 20.0 Å². The van der Waals surface area contributed by atoms with Crippen molar-refractivity contribution in [3.05, 3.63) is 155 Å². The first-order chi connectivity index (χ1) is 24.5. The van der Waals surface area contributed by atoms with Gasteiger partial charge >= 0.3 is 0 Å². The number of hydrogen-bond acceptors (Lipinski definition) is 4. The summed E-state index contributed by atoms with van der Waals surface area (Å²) in [6.45, 7) is 4.20. The number of imidazole rings is 2. The highest BCUT2D eigenvalue weighted by molar-refractivity contribution is 6.09. The molecule has 6 nitrogen and oxygen atoms in total. The Labute approximate surface area is 289 Å². The van der Waals surface area contributed by atoms with Gasteiger partial charge in [0.05, 0.1) is 44.9 Å². The van der Waals surface area contributed by atoms with Gasteiger partial charge in [-0.05, 0) is 94.8 Å². The lowest BCUT2D eigenvalue weighted by Gasteiger charge is -2.04. The molecule has 0 saturated carbocycles. The average molecular weight is 645 g/mol. The quantitative estimate of drug-likeness (QED) is 0.195. The number of benzene rings is 6. The lowest BCUT2D eigenvalue weighted by atomic mass is 9.98. The van der Waals surface area contributed by atoms with Crippen molar-refractivity contribution in [3.8, 4) is 33.9 Å². The Hall–Kier alpha value is -6.40. The van der Waals surface area contributed by atoms with E-state index in [2.05, 4.69) is 145 Å². The van der Waals surface area contributed by atoms with Crippen LogP contribution in [0.15, 0.2) is 131 Å². The highest BCUT2D eigenvalue weighted by Crippen LogP contribution is 2.35. The Balaban J connectivity index is 0.876. The van der Waals surface area contributed by atoms with E-state index in [0.29, 0.717) is 0 Å². The van der Waals surface area contributed by atoms with Gasteiger partial charge in [-0.25, -0.2) is 9.97 Å². The number of H-pyrrole nitrogens is 2. The second-order valence-electron chi connectivity index (χ2n) is 13.5. The minimum Gasteiger partial charge on any atom is -0.338 e. The third kappa shape index (κ3) is 4.96. The van der Waals surface area contributed by atoms with Crippen LogP contribution < -0.4 is 0 Å². The van der Waals surface area contributed by atoms with Crippen LogP contribution >= 0.6 is 0 Å². The topological polar surface area (TPSA) is 82.1 Å². The lowest BCUT2D eigenvalue weighted by Crippen LogP contribution is -2.03. The third-order valence-corrected chi connectivity index (χ3v) is 9.99. The minimum absolute atomic E-state index is 0.831. The molecule has 8 aromatic rings. The minimum atomic E-state index is 0.831. The number of rotatable bonds is 5. The predicted octanol–water partition coefficient (Wildman–Crippen LogP) is 10.4. The van der Waals surface area contributed by atoms with Gasteiger partial charge in [-0.15, -0.1) is 0 Å². The first-order valence-corrected chi connectivity index (χ1v) is 17.0. The van der Waals surface area contributed by atoms with E-state index in [0.717, 1.165) is 97.2 Å². The summed E-state index contributed by atoms with van der Waals surface area (Å²) in [5, 5.41) is 0. The average Bonchev–Trinajstić information content (AvgIpc) is 3.95. The monoisotopic (exact) mass is 644 g/mol. The van der Waals surface area contributed by atoms with Crippen molar-refractivity contribution in [2.75, 3.05) is 0 Å². The molecule has 6 aromatic carbocycles. The largest absolute Gasteiger partial charge is 0.338 e. The number of fused-ring (bicyclic) bond motifs is 4. The van der Waals surface area contributed by atoms with Crippen LogP contribution in [0.1, 0.15) is 33.4 Å². The summed E-state index contributed by atoms with van der Waals surface area (Å²) in [4.78, 5) is 26.7. The van der Waals surface area contributed by atoms with Gasteiger partial charge in [0.2, 0.25) is 0 Å². The van der Waals surface area contributed by atoms with E-state index in [1.54, 1.807) is 0 Å². The second kappa shape index (κ2) is 11.1. The Kier molecular flexibility index (Phi) is 6.33. The summed E-state index contributed by atoms with van der Waals surface area (Å²) in [5.74, 6) is 1.71. The van der Waals surface area contributed by atoms with E-state index in [-0.39, 0.29) is 0 Å². The van der Waals surface area contributed by atoms with Crippen LogP contribution in [0.4, 0.5) is 11.4 Å². The number of nitrogens with zero attached hydrogens (tertiary/aromatic N) is 4. The van der Waals surface area contributed by atoms with Crippen molar-refractivity contribution in [3.63, 3.8) is 0 Å². The molecule has 2 aromatic heterocycles. The highest BCUT2D eigenvalue weighted by Gasteiger charge is 2.20. The zero-order valence-electron chi connectivity index (χ0n) is 27.8. The lowest BCUT2D eigenvalue weighted by molar-refractivity contribution is 1.32. The fraction of sp³-hybridized carbons (Fsp3) is 0.0909. The number of hydrogen-bond donors (Lipinski definition) is 2. The molecule has 2 N–H and O–H groups in total. The van der Waals surface area contributed by atoms with Gasteiger partial charge in [0, 0.05) is 24.0 Å². The van der Waals surface area contributed by atoms with Crippen LogP contribution in [0.2, 0.25) is 0 Å². The molecule has 2 aliphatic heterocycles. The normalized spacial score (nSPS) is 13.5. The van der Waals surface area contributed by atoms with Crippen molar-refractivity contribution in [2.24, 2.45) is 9.98 Å². The maximum atomic E-state index is 5.09. The van der Waals surface area contributed by atoms with Gasteiger partial charge < -0.3 is 9.97 Å². The van der Waals surface area contributed by atoms with E-state index in [1.807, 2.05) is 0 Å². The summed E-state index contributed by atoms with van der Waals surface area (Å²) >= 11 is 0. The zero-order chi connectivity index (χ0) is 33.3. The summed E-state index contributed by atoms with van der Waals surface area (Å²) in [6, 6.07) is 43.0. The molecule has 0 bridgehead atoms. The van der Waals surface area contributed by atoms with Crippen molar-refractivity contribution in [1.29, 1.82) is 0 Å². The van der Waals surface area contributed by atoms with Crippen LogP contribution in [0.3, 0.4) is 0 Å². The predicted molar refractivity (Wildman–Crippen MR) is 204 cm³/mol. The fourth-order valence-electron chi connectivity index (χ4n) is 7.20. The highest BCUT2D eigenvalue weighted by atomic mass is 14.9. The standard InChI is InChI=1S/C44H32N6/c1-25-3-5-33-23-38(45-37(33)19-25)27-6-8-28(9-7-27)39-24-34-15-14-31(21-40(34)46-39)32-16-18-36-42(22-32)50-44(48-36)30-12-10-29(11-13-30)43-47-35-17-4-26(2)20-41(35)49-43/h3-22H,23-24H2,1-2H3,(H,47,49)(H,48,50). The number of aliphatic imine (C=N–C) groups is 2. The van der Waals surface area contributed by atoms with E-state index in [1.165, 1.54) is 27.8 Å². The van der Waals surface area contributed by atoms with Crippen LogP contribution in [-0.4, -0.2) is 31.4 Å². The molecule has 0 atom stereocenters. The summed E-state index contributed by atoms with van der Waals surface area (Å²) in [6.07, 6.45) is 1.71. The fourth-order valence-corrected chi connectivity index (χ4v) is 7.20. The van der Waals surface area contributed by atoms with Crippen LogP contribution in [0.25, 0.3) is 56.0 Å². The SMILES string of the molecule is Cc1ccc2c(c1)N=C(c1ccc(C3=Nc4cc(-c5ccc6[nH]c(-c7ccc(-c8nc9cc(C)ccc9[nH]8)cc7)nc6c5)ccc4C3)cc1)C2. The van der Waals surface area contributed by atoms with E-state index in [9.17, 15) is 0 Å². The first kappa shape index (κ1) is 28.6. The van der Waals surface area contributed by atoms with E-state index < -0.39 is 0 Å². The molecule has 0 fully saturated rings. The van der Waals surface area contributed by atoms with Gasteiger partial charge in [0.25, 0.3) is 0 Å². The molecule has 50 heavy (non-hydrogen) atoms. The van der Waals surface area contributed by atoms with Crippen molar-refractivity contribution in [2.45, 2.75) is 26.7 Å². The molecular weight excluding hydrogens is 613 g/mol.